The molecule has 0 aliphatic carbocycles. The summed E-state index contributed by atoms with van der Waals surface area (Å²) in [6, 6.07) is 19.2. The van der Waals surface area contributed by atoms with Crippen molar-refractivity contribution in [2.75, 3.05) is 26.2 Å². The maximum atomic E-state index is 13.4. The molecule has 5 heteroatoms. The predicted octanol–water partition coefficient (Wildman–Crippen LogP) is 1.63. The Balaban J connectivity index is 0.00000420. The van der Waals surface area contributed by atoms with Crippen LogP contribution in [0, 0.1) is 0 Å². The molecule has 160 valence electrons. The fourth-order valence-electron chi connectivity index (χ4n) is 3.38. The molecular weight excluding hydrogens is 386 g/mol. The fourth-order valence-corrected chi connectivity index (χ4v) is 3.38. The number of nitrogens with zero attached hydrogens (tertiary/aromatic N) is 1. The van der Waals surface area contributed by atoms with Crippen LogP contribution < -0.4 is 12.4 Å². The molecule has 2 rings (SSSR count). The maximum absolute atomic E-state index is 13.4. The number of carbonyl (C=O) groups excluding carboxylic acids is 1. The van der Waals surface area contributed by atoms with Gasteiger partial charge in [0.2, 0.25) is 5.60 Å². The van der Waals surface area contributed by atoms with Crippen LogP contribution in [0.2, 0.25) is 0 Å². The molecular formula is C24H33ClNO3-. The molecule has 0 bridgehead atoms. The Labute approximate surface area is 181 Å². The number of hydrogen-bond donors (Lipinski definition) is 0. The van der Waals surface area contributed by atoms with Crippen LogP contribution in [0.3, 0.4) is 0 Å². The van der Waals surface area contributed by atoms with Crippen molar-refractivity contribution in [1.82, 2.24) is 4.90 Å². The number of halogens is 1. The first-order valence-corrected chi connectivity index (χ1v) is 10.2. The molecule has 0 aliphatic heterocycles. The fraction of sp³-hybridized carbons (Fsp3) is 0.458. The molecule has 0 amide bonds. The highest BCUT2D eigenvalue weighted by atomic mass is 35.5. The Morgan fingerprint density at radius 2 is 1.41 bits per heavy atom. The highest BCUT2D eigenvalue weighted by Gasteiger charge is 2.45. The van der Waals surface area contributed by atoms with Crippen LogP contribution in [-0.2, 0) is 19.9 Å². The van der Waals surface area contributed by atoms with Gasteiger partial charge >= 0.3 is 5.97 Å². The highest BCUT2D eigenvalue weighted by Crippen LogP contribution is 2.36. The van der Waals surface area contributed by atoms with Crippen LogP contribution in [0.5, 0.6) is 0 Å². The summed E-state index contributed by atoms with van der Waals surface area (Å²) in [5.41, 5.74) is 0.290. The van der Waals surface area contributed by atoms with Crippen molar-refractivity contribution >= 4 is 5.97 Å². The summed E-state index contributed by atoms with van der Waals surface area (Å²) < 4.78 is 12.1. The van der Waals surface area contributed by atoms with E-state index in [-0.39, 0.29) is 24.5 Å². The largest absolute Gasteiger partial charge is 1.00 e. The predicted molar refractivity (Wildman–Crippen MR) is 113 cm³/mol. The Kier molecular flexibility index (Phi) is 11.0. The van der Waals surface area contributed by atoms with Crippen LogP contribution in [0.25, 0.3) is 0 Å². The molecule has 2 aromatic carbocycles. The van der Waals surface area contributed by atoms with Gasteiger partial charge in [-0.05, 0) is 44.5 Å². The van der Waals surface area contributed by atoms with Gasteiger partial charge in [0, 0.05) is 6.54 Å². The summed E-state index contributed by atoms with van der Waals surface area (Å²) in [5, 5.41) is 0. The average Bonchev–Trinajstić information content (AvgIpc) is 2.73. The second-order valence-corrected chi connectivity index (χ2v) is 7.10. The minimum absolute atomic E-state index is 0. The maximum Gasteiger partial charge on any atom is 0.347 e. The summed E-state index contributed by atoms with van der Waals surface area (Å²) in [6.07, 6.45) is 0.651. The summed E-state index contributed by atoms with van der Waals surface area (Å²) in [5.74, 6) is -0.363. The van der Waals surface area contributed by atoms with E-state index in [1.165, 1.54) is 0 Å². The third-order valence-corrected chi connectivity index (χ3v) is 4.81. The van der Waals surface area contributed by atoms with Crippen LogP contribution in [0.15, 0.2) is 60.7 Å². The number of carbonyl (C=O) groups is 1. The quantitative estimate of drug-likeness (QED) is 0.411. The minimum Gasteiger partial charge on any atom is -1.00 e. The van der Waals surface area contributed by atoms with Gasteiger partial charge in [-0.15, -0.1) is 0 Å². The molecule has 0 aliphatic rings. The third-order valence-electron chi connectivity index (χ3n) is 4.81. The molecule has 0 atom stereocenters. The van der Waals surface area contributed by atoms with Gasteiger partial charge in [0.1, 0.15) is 0 Å². The van der Waals surface area contributed by atoms with Crippen LogP contribution in [0.4, 0.5) is 0 Å². The van der Waals surface area contributed by atoms with E-state index in [0.29, 0.717) is 6.61 Å². The van der Waals surface area contributed by atoms with Gasteiger partial charge in [0.25, 0.3) is 0 Å². The van der Waals surface area contributed by atoms with E-state index >= 15 is 0 Å². The van der Waals surface area contributed by atoms with E-state index < -0.39 is 5.60 Å². The van der Waals surface area contributed by atoms with E-state index in [0.717, 1.165) is 37.2 Å². The monoisotopic (exact) mass is 418 g/mol. The van der Waals surface area contributed by atoms with Crippen molar-refractivity contribution in [3.63, 3.8) is 0 Å². The lowest BCUT2D eigenvalue weighted by Crippen LogP contribution is -3.00. The number of ether oxygens (including phenoxy) is 2. The van der Waals surface area contributed by atoms with Gasteiger partial charge < -0.3 is 26.8 Å². The molecule has 0 aromatic heterocycles. The van der Waals surface area contributed by atoms with E-state index in [1.54, 1.807) is 0 Å². The Morgan fingerprint density at radius 1 is 0.931 bits per heavy atom. The molecule has 0 saturated heterocycles. The van der Waals surface area contributed by atoms with Crippen LogP contribution >= 0.6 is 0 Å². The first kappa shape index (κ1) is 25.2. The summed E-state index contributed by atoms with van der Waals surface area (Å²) in [4.78, 5) is 15.7. The van der Waals surface area contributed by atoms with Gasteiger partial charge in [-0.2, -0.15) is 0 Å². The highest BCUT2D eigenvalue weighted by molar-refractivity contribution is 5.86. The summed E-state index contributed by atoms with van der Waals surface area (Å²) in [6.45, 7) is 11.4. The van der Waals surface area contributed by atoms with Gasteiger partial charge in [-0.3, -0.25) is 0 Å². The van der Waals surface area contributed by atoms with Crippen molar-refractivity contribution in [2.24, 2.45) is 0 Å². The number of rotatable bonds is 11. The van der Waals surface area contributed by atoms with E-state index in [1.807, 2.05) is 74.5 Å². The summed E-state index contributed by atoms with van der Waals surface area (Å²) in [7, 11) is 0. The zero-order chi connectivity index (χ0) is 20.4. The molecule has 0 N–H and O–H groups in total. The number of esters is 1. The lowest BCUT2D eigenvalue weighted by Gasteiger charge is -2.34. The van der Waals surface area contributed by atoms with Crippen molar-refractivity contribution in [3.8, 4) is 0 Å². The van der Waals surface area contributed by atoms with Gasteiger partial charge in [-0.25, -0.2) is 4.79 Å². The molecule has 2 aromatic rings. The first-order valence-electron chi connectivity index (χ1n) is 10.2. The molecule has 29 heavy (non-hydrogen) atoms. The molecule has 4 nitrogen and oxygen atoms in total. The van der Waals surface area contributed by atoms with Crippen molar-refractivity contribution < 1.29 is 26.7 Å². The molecule has 0 spiro atoms. The second kappa shape index (κ2) is 12.6. The standard InChI is InChI=1S/C24H33NO3.ClH/c1-5-25(6-2)18-13-19-27-23(26)24(28-20(3)4,21-14-9-7-10-15-21)22-16-11-8-12-17-22;/h7-12,14-17,20H,5-6,13,18-19H2,1-4H3;1H/p-1. The number of benzene rings is 2. The smallest absolute Gasteiger partial charge is 0.347 e. The number of hydrogen-bond acceptors (Lipinski definition) is 4. The minimum atomic E-state index is -1.27. The van der Waals surface area contributed by atoms with E-state index in [2.05, 4.69) is 18.7 Å². The van der Waals surface area contributed by atoms with Crippen LogP contribution in [0.1, 0.15) is 45.2 Å². The van der Waals surface area contributed by atoms with E-state index in [9.17, 15) is 4.79 Å². The summed E-state index contributed by atoms with van der Waals surface area (Å²) >= 11 is 0. The van der Waals surface area contributed by atoms with E-state index in [4.69, 9.17) is 9.47 Å². The van der Waals surface area contributed by atoms with Gasteiger partial charge in [0.15, 0.2) is 0 Å². The topological polar surface area (TPSA) is 38.8 Å². The molecule has 0 unspecified atom stereocenters. The van der Waals surface area contributed by atoms with Crippen molar-refractivity contribution in [2.45, 2.75) is 45.8 Å². The van der Waals surface area contributed by atoms with Gasteiger partial charge in [-0.1, -0.05) is 74.5 Å². The SMILES string of the molecule is CCN(CC)CCCOC(=O)C(OC(C)C)(c1ccccc1)c1ccccc1.[Cl-]. The van der Waals surface area contributed by atoms with Gasteiger partial charge in [0.05, 0.1) is 12.7 Å². The lowest BCUT2D eigenvalue weighted by molar-refractivity contribution is -0.173. The zero-order valence-corrected chi connectivity index (χ0v) is 18.7. The third kappa shape index (κ3) is 6.56. The van der Waals surface area contributed by atoms with Crippen molar-refractivity contribution in [3.05, 3.63) is 71.8 Å². The average molecular weight is 419 g/mol. The normalized spacial score (nSPS) is 11.4. The molecule has 0 saturated carbocycles. The lowest BCUT2D eigenvalue weighted by atomic mass is 9.85. The Bertz CT molecular complexity index is 663. The van der Waals surface area contributed by atoms with Crippen molar-refractivity contribution in [1.29, 1.82) is 0 Å². The molecule has 0 heterocycles. The molecule has 0 fully saturated rings. The second-order valence-electron chi connectivity index (χ2n) is 7.10. The zero-order valence-electron chi connectivity index (χ0n) is 17.9. The Hall–Kier alpha value is -1.88. The Morgan fingerprint density at radius 3 is 1.83 bits per heavy atom. The molecule has 0 radical (unpaired) electrons. The first-order chi connectivity index (χ1) is 13.5. The van der Waals surface area contributed by atoms with Crippen LogP contribution in [-0.4, -0.2) is 43.2 Å².